The van der Waals surface area contributed by atoms with E-state index in [1.807, 2.05) is 18.4 Å². The van der Waals surface area contributed by atoms with Crippen LogP contribution < -0.4 is 5.32 Å². The molecule has 0 spiro atoms. The van der Waals surface area contributed by atoms with E-state index in [-0.39, 0.29) is 12.3 Å². The maximum absolute atomic E-state index is 12.6. The van der Waals surface area contributed by atoms with Gasteiger partial charge in [0.05, 0.1) is 29.0 Å². The maximum atomic E-state index is 12.6. The van der Waals surface area contributed by atoms with Crippen LogP contribution in [0.25, 0.3) is 0 Å². The second-order valence-electron chi connectivity index (χ2n) is 6.74. The Morgan fingerprint density at radius 1 is 1.32 bits per heavy atom. The van der Waals surface area contributed by atoms with Crippen LogP contribution in [-0.2, 0) is 17.5 Å². The van der Waals surface area contributed by atoms with Crippen molar-refractivity contribution in [2.45, 2.75) is 38.0 Å². The Labute approximate surface area is 181 Å². The van der Waals surface area contributed by atoms with Gasteiger partial charge < -0.3 is 14.3 Å². The van der Waals surface area contributed by atoms with Crippen LogP contribution in [0.3, 0.4) is 0 Å². The molecule has 0 bridgehead atoms. The Morgan fingerprint density at radius 2 is 2.10 bits per heavy atom. The van der Waals surface area contributed by atoms with Gasteiger partial charge in [0, 0.05) is 24.1 Å². The number of hydrogen-bond acceptors (Lipinski definition) is 5. The van der Waals surface area contributed by atoms with Crippen LogP contribution in [0.2, 0.25) is 0 Å². The predicted molar refractivity (Wildman–Crippen MR) is 110 cm³/mol. The Balaban J connectivity index is 1.65. The van der Waals surface area contributed by atoms with Crippen molar-refractivity contribution in [2.75, 3.05) is 11.1 Å². The highest BCUT2D eigenvalue weighted by Crippen LogP contribution is 2.30. The molecule has 0 saturated heterocycles. The van der Waals surface area contributed by atoms with E-state index in [4.69, 9.17) is 4.42 Å². The van der Waals surface area contributed by atoms with Crippen molar-refractivity contribution in [1.82, 2.24) is 9.55 Å². The number of furan rings is 1. The molecule has 0 fully saturated rings. The summed E-state index contributed by atoms with van der Waals surface area (Å²) in [6.07, 6.45) is -2.01. The lowest BCUT2D eigenvalue weighted by Crippen LogP contribution is -2.17. The molecule has 3 aromatic heterocycles. The number of amides is 1. The van der Waals surface area contributed by atoms with Gasteiger partial charge in [0.15, 0.2) is 0 Å². The fraction of sp³-hybridized carbons (Fsp3) is 0.286. The van der Waals surface area contributed by atoms with Crippen LogP contribution in [-0.4, -0.2) is 21.2 Å². The fourth-order valence-electron chi connectivity index (χ4n) is 2.96. The molecule has 0 aliphatic rings. The van der Waals surface area contributed by atoms with Gasteiger partial charge in [-0.2, -0.15) is 18.4 Å². The zero-order valence-electron chi connectivity index (χ0n) is 16.8. The molecule has 162 valence electrons. The van der Waals surface area contributed by atoms with E-state index in [1.165, 1.54) is 17.8 Å². The monoisotopic (exact) mass is 448 g/mol. The first-order chi connectivity index (χ1) is 14.7. The van der Waals surface area contributed by atoms with E-state index < -0.39 is 11.7 Å². The highest BCUT2D eigenvalue weighted by Gasteiger charge is 2.30. The van der Waals surface area contributed by atoms with Gasteiger partial charge in [-0.05, 0) is 43.7 Å². The third-order valence-corrected chi connectivity index (χ3v) is 5.68. The third-order valence-electron chi connectivity index (χ3n) is 4.74. The summed E-state index contributed by atoms with van der Waals surface area (Å²) in [6.45, 7) is 4.04. The molecule has 31 heavy (non-hydrogen) atoms. The SMILES string of the molecule is Cc1c(C#N)c(NC(=O)CCSc2ccc(C(F)(F)F)cn2)n(Cc2ccco2)c1C. The number of aromatic nitrogens is 2. The molecule has 0 aliphatic heterocycles. The second kappa shape index (κ2) is 9.31. The standard InChI is InChI=1S/C21H19F3N4O2S/c1-13-14(2)28(12-16-4-3-8-30-16)20(17(13)10-25)27-18(29)7-9-31-19-6-5-15(11-26-19)21(22,23)24/h3-6,8,11H,7,9,12H2,1-2H3,(H,27,29). The number of carbonyl (C=O) groups is 1. The molecular weight excluding hydrogens is 429 g/mol. The van der Waals surface area contributed by atoms with Crippen molar-refractivity contribution in [3.63, 3.8) is 0 Å². The molecule has 1 amide bonds. The Bertz CT molecular complexity index is 1100. The largest absolute Gasteiger partial charge is 0.467 e. The molecule has 0 saturated carbocycles. The summed E-state index contributed by atoms with van der Waals surface area (Å²) < 4.78 is 45.0. The van der Waals surface area contributed by atoms with Crippen molar-refractivity contribution in [2.24, 2.45) is 0 Å². The number of pyridine rings is 1. The predicted octanol–water partition coefficient (Wildman–Crippen LogP) is 5.15. The number of carbonyl (C=O) groups excluding carboxylic acids is 1. The summed E-state index contributed by atoms with van der Waals surface area (Å²) in [7, 11) is 0. The molecule has 3 heterocycles. The molecule has 3 rings (SSSR count). The first kappa shape index (κ1) is 22.5. The van der Waals surface area contributed by atoms with Crippen LogP contribution in [0.1, 0.15) is 34.6 Å². The van der Waals surface area contributed by atoms with Gasteiger partial charge in [0.25, 0.3) is 0 Å². The number of rotatable bonds is 7. The normalized spacial score (nSPS) is 11.4. The van der Waals surface area contributed by atoms with Gasteiger partial charge in [-0.25, -0.2) is 4.98 Å². The molecule has 6 nitrogen and oxygen atoms in total. The zero-order valence-corrected chi connectivity index (χ0v) is 17.6. The van der Waals surface area contributed by atoms with Crippen LogP contribution in [0.4, 0.5) is 19.0 Å². The molecule has 0 radical (unpaired) electrons. The Hall–Kier alpha value is -3.19. The second-order valence-corrected chi connectivity index (χ2v) is 7.86. The number of thioether (sulfide) groups is 1. The van der Waals surface area contributed by atoms with E-state index in [2.05, 4.69) is 16.4 Å². The first-order valence-electron chi connectivity index (χ1n) is 9.28. The molecule has 1 N–H and O–H groups in total. The fourth-order valence-corrected chi connectivity index (χ4v) is 3.75. The molecular formula is C21H19F3N4O2S. The highest BCUT2D eigenvalue weighted by molar-refractivity contribution is 7.99. The number of hydrogen-bond donors (Lipinski definition) is 1. The van der Waals surface area contributed by atoms with Crippen molar-refractivity contribution in [1.29, 1.82) is 5.26 Å². The number of nitrogens with one attached hydrogen (secondary N) is 1. The van der Waals surface area contributed by atoms with E-state index in [9.17, 15) is 23.2 Å². The summed E-state index contributed by atoms with van der Waals surface area (Å²) in [5, 5.41) is 12.7. The average Bonchev–Trinajstić information content (AvgIpc) is 3.31. The van der Waals surface area contributed by atoms with Gasteiger partial charge >= 0.3 is 6.18 Å². The molecule has 3 aromatic rings. The summed E-state index contributed by atoms with van der Waals surface area (Å²) >= 11 is 1.18. The van der Waals surface area contributed by atoms with Crippen molar-refractivity contribution >= 4 is 23.5 Å². The van der Waals surface area contributed by atoms with E-state index in [1.54, 1.807) is 18.4 Å². The number of alkyl halides is 3. The summed E-state index contributed by atoms with van der Waals surface area (Å²) in [4.78, 5) is 16.3. The van der Waals surface area contributed by atoms with Crippen LogP contribution >= 0.6 is 11.8 Å². The van der Waals surface area contributed by atoms with Gasteiger partial charge in [-0.15, -0.1) is 11.8 Å². The topological polar surface area (TPSA) is 83.9 Å². The number of nitrogens with zero attached hydrogens (tertiary/aromatic N) is 3. The highest BCUT2D eigenvalue weighted by atomic mass is 32.2. The minimum atomic E-state index is -4.44. The summed E-state index contributed by atoms with van der Waals surface area (Å²) in [6, 6.07) is 7.94. The maximum Gasteiger partial charge on any atom is 0.417 e. The minimum absolute atomic E-state index is 0.0995. The van der Waals surface area contributed by atoms with Gasteiger partial charge in [-0.1, -0.05) is 0 Å². The molecule has 10 heteroatoms. The first-order valence-corrected chi connectivity index (χ1v) is 10.3. The minimum Gasteiger partial charge on any atom is -0.467 e. The van der Waals surface area contributed by atoms with Crippen molar-refractivity contribution < 1.29 is 22.4 Å². The van der Waals surface area contributed by atoms with Gasteiger partial charge in [0.1, 0.15) is 17.6 Å². The lowest BCUT2D eigenvalue weighted by atomic mass is 10.2. The van der Waals surface area contributed by atoms with Crippen LogP contribution in [0, 0.1) is 25.2 Å². The molecule has 0 aliphatic carbocycles. The Morgan fingerprint density at radius 3 is 2.68 bits per heavy atom. The molecule has 0 atom stereocenters. The van der Waals surface area contributed by atoms with Crippen molar-refractivity contribution in [3.8, 4) is 6.07 Å². The van der Waals surface area contributed by atoms with Crippen molar-refractivity contribution in [3.05, 3.63) is 64.9 Å². The quantitative estimate of drug-likeness (QED) is 0.505. The van der Waals surface area contributed by atoms with Gasteiger partial charge in [-0.3, -0.25) is 4.79 Å². The van der Waals surface area contributed by atoms with E-state index in [0.717, 1.165) is 23.5 Å². The van der Waals surface area contributed by atoms with Gasteiger partial charge in [0.2, 0.25) is 5.91 Å². The zero-order chi connectivity index (χ0) is 22.6. The average molecular weight is 448 g/mol. The molecule has 0 unspecified atom stereocenters. The van der Waals surface area contributed by atoms with E-state index >= 15 is 0 Å². The van der Waals surface area contributed by atoms with Crippen LogP contribution in [0.15, 0.2) is 46.2 Å². The number of halogens is 3. The molecule has 0 aromatic carbocycles. The summed E-state index contributed by atoms with van der Waals surface area (Å²) in [5.74, 6) is 1.09. The lowest BCUT2D eigenvalue weighted by molar-refractivity contribution is -0.137. The summed E-state index contributed by atoms with van der Waals surface area (Å²) in [5.41, 5.74) is 1.18. The Kier molecular flexibility index (Phi) is 6.75. The smallest absolute Gasteiger partial charge is 0.417 e. The number of anilines is 1. The third kappa shape index (κ3) is 5.30. The van der Waals surface area contributed by atoms with Crippen LogP contribution in [0.5, 0.6) is 0 Å². The number of nitriles is 1. The lowest BCUT2D eigenvalue weighted by Gasteiger charge is -2.12. The van der Waals surface area contributed by atoms with E-state index in [0.29, 0.717) is 34.5 Å².